The van der Waals surface area contributed by atoms with Gasteiger partial charge in [0.25, 0.3) is 0 Å². The van der Waals surface area contributed by atoms with Crippen molar-refractivity contribution in [1.29, 1.82) is 0 Å². The zero-order valence-electron chi connectivity index (χ0n) is 5.50. The smallest absolute Gasteiger partial charge is 0.203 e. The Morgan fingerprint density at radius 2 is 2.50 bits per heavy atom. The van der Waals surface area contributed by atoms with Crippen LogP contribution in [0.4, 0.5) is 0 Å². The molecule has 0 aromatic carbocycles. The second-order valence-corrected chi connectivity index (χ2v) is 3.50. The Bertz CT molecular complexity index is 203. The third kappa shape index (κ3) is 2.47. The third-order valence-corrected chi connectivity index (χ3v) is 2.54. The van der Waals surface area contributed by atoms with E-state index in [4.69, 9.17) is 4.74 Å². The summed E-state index contributed by atoms with van der Waals surface area (Å²) in [6.45, 7) is 0.727. The lowest BCUT2D eigenvalue weighted by Gasteiger charge is -1.90. The van der Waals surface area contributed by atoms with Gasteiger partial charge in [-0.2, -0.15) is 4.37 Å². The van der Waals surface area contributed by atoms with Crippen LogP contribution in [0.25, 0.3) is 0 Å². The van der Waals surface area contributed by atoms with E-state index in [0.717, 1.165) is 21.9 Å². The number of ether oxygens (including phenoxy) is 1. The van der Waals surface area contributed by atoms with Gasteiger partial charge in [0.1, 0.15) is 5.01 Å². The Morgan fingerprint density at radius 1 is 1.70 bits per heavy atom. The second kappa shape index (κ2) is 4.20. The highest BCUT2D eigenvalue weighted by Crippen LogP contribution is 2.06. The topological polar surface area (TPSA) is 35.0 Å². The van der Waals surface area contributed by atoms with E-state index < -0.39 is 0 Å². The van der Waals surface area contributed by atoms with Crippen molar-refractivity contribution in [2.24, 2.45) is 0 Å². The lowest BCUT2D eigenvalue weighted by Crippen LogP contribution is -1.93. The van der Waals surface area contributed by atoms with Gasteiger partial charge in [-0.15, -0.1) is 0 Å². The largest absolute Gasteiger partial charge is 0.384 e. The highest BCUT2D eigenvalue weighted by Gasteiger charge is 1.98. The summed E-state index contributed by atoms with van der Waals surface area (Å²) in [5, 5.41) is 1.05. The SMILES string of the molecule is COCCc1nc(I)ns1. The van der Waals surface area contributed by atoms with E-state index in [0.29, 0.717) is 0 Å². The molecule has 0 saturated heterocycles. The Labute approximate surface area is 77.1 Å². The summed E-state index contributed by atoms with van der Waals surface area (Å²) in [4.78, 5) is 4.16. The van der Waals surface area contributed by atoms with Gasteiger partial charge in [-0.1, -0.05) is 0 Å². The van der Waals surface area contributed by atoms with Gasteiger partial charge >= 0.3 is 0 Å². The minimum Gasteiger partial charge on any atom is -0.384 e. The standard InChI is InChI=1S/C5H7IN2OS/c1-9-3-2-4-7-5(6)8-10-4/h2-3H2,1H3. The molecule has 0 spiro atoms. The molecule has 0 N–H and O–H groups in total. The number of methoxy groups -OCH3 is 1. The lowest BCUT2D eigenvalue weighted by molar-refractivity contribution is 0.202. The molecule has 56 valence electrons. The van der Waals surface area contributed by atoms with Crippen molar-refractivity contribution in [3.05, 3.63) is 8.84 Å². The summed E-state index contributed by atoms with van der Waals surface area (Å²) >= 11 is 3.54. The van der Waals surface area contributed by atoms with Gasteiger partial charge in [0, 0.05) is 36.1 Å². The number of hydrogen-bond donors (Lipinski definition) is 0. The van der Waals surface area contributed by atoms with E-state index in [9.17, 15) is 0 Å². The van der Waals surface area contributed by atoms with Crippen molar-refractivity contribution in [3.8, 4) is 0 Å². The molecule has 1 aromatic heterocycles. The van der Waals surface area contributed by atoms with E-state index >= 15 is 0 Å². The Morgan fingerprint density at radius 3 is 3.00 bits per heavy atom. The van der Waals surface area contributed by atoms with E-state index in [-0.39, 0.29) is 0 Å². The molecule has 0 unspecified atom stereocenters. The highest BCUT2D eigenvalue weighted by molar-refractivity contribution is 14.1. The molecule has 5 heteroatoms. The molecule has 0 amide bonds. The first-order chi connectivity index (χ1) is 4.83. The van der Waals surface area contributed by atoms with E-state index in [1.165, 1.54) is 11.5 Å². The van der Waals surface area contributed by atoms with Gasteiger partial charge in [-0.25, -0.2) is 4.98 Å². The van der Waals surface area contributed by atoms with Crippen LogP contribution < -0.4 is 0 Å². The molecule has 0 aliphatic carbocycles. The van der Waals surface area contributed by atoms with Crippen LogP contribution in [0, 0.1) is 3.83 Å². The number of halogens is 1. The van der Waals surface area contributed by atoms with Crippen LogP contribution in [0.3, 0.4) is 0 Å². The molecule has 0 saturated carbocycles. The minimum atomic E-state index is 0.727. The minimum absolute atomic E-state index is 0.727. The first-order valence-corrected chi connectivity index (χ1v) is 4.65. The van der Waals surface area contributed by atoms with Crippen LogP contribution in [-0.2, 0) is 11.2 Å². The molecule has 0 atom stereocenters. The maximum atomic E-state index is 4.89. The summed E-state index contributed by atoms with van der Waals surface area (Å²) in [5.41, 5.74) is 0. The van der Waals surface area contributed by atoms with Gasteiger partial charge in [-0.3, -0.25) is 0 Å². The van der Waals surface area contributed by atoms with Crippen LogP contribution in [-0.4, -0.2) is 23.1 Å². The molecule has 0 aliphatic rings. The molecular weight excluding hydrogens is 263 g/mol. The zero-order chi connectivity index (χ0) is 7.40. The fourth-order valence-electron chi connectivity index (χ4n) is 0.525. The number of hydrogen-bond acceptors (Lipinski definition) is 4. The van der Waals surface area contributed by atoms with Crippen molar-refractivity contribution in [2.45, 2.75) is 6.42 Å². The Balaban J connectivity index is 2.42. The van der Waals surface area contributed by atoms with Crippen LogP contribution in [0.2, 0.25) is 0 Å². The van der Waals surface area contributed by atoms with Crippen molar-refractivity contribution in [2.75, 3.05) is 13.7 Å². The number of aromatic nitrogens is 2. The normalized spacial score (nSPS) is 10.2. The van der Waals surface area contributed by atoms with Crippen LogP contribution >= 0.6 is 34.1 Å². The van der Waals surface area contributed by atoms with Crippen LogP contribution in [0.5, 0.6) is 0 Å². The quantitative estimate of drug-likeness (QED) is 0.777. The molecular formula is C5H7IN2OS. The summed E-state index contributed by atoms with van der Waals surface area (Å²) in [5.74, 6) is 0. The molecule has 1 heterocycles. The van der Waals surface area contributed by atoms with Crippen molar-refractivity contribution in [1.82, 2.24) is 9.36 Å². The van der Waals surface area contributed by atoms with Gasteiger partial charge in [0.15, 0.2) is 0 Å². The van der Waals surface area contributed by atoms with E-state index in [1.807, 2.05) is 0 Å². The molecule has 3 nitrogen and oxygen atoms in total. The molecule has 0 aliphatic heterocycles. The lowest BCUT2D eigenvalue weighted by atomic mass is 10.5. The fraction of sp³-hybridized carbons (Fsp3) is 0.600. The first kappa shape index (κ1) is 8.35. The fourth-order valence-corrected chi connectivity index (χ4v) is 1.80. The monoisotopic (exact) mass is 270 g/mol. The Kier molecular flexibility index (Phi) is 3.50. The predicted molar refractivity (Wildman–Crippen MR) is 48.2 cm³/mol. The molecule has 1 aromatic rings. The molecule has 0 fully saturated rings. The average Bonchev–Trinajstić information content (AvgIpc) is 2.31. The summed E-state index contributed by atoms with van der Waals surface area (Å²) in [6, 6.07) is 0. The maximum Gasteiger partial charge on any atom is 0.203 e. The van der Waals surface area contributed by atoms with Gasteiger partial charge < -0.3 is 4.74 Å². The van der Waals surface area contributed by atoms with Crippen molar-refractivity contribution < 1.29 is 4.74 Å². The van der Waals surface area contributed by atoms with E-state index in [1.54, 1.807) is 7.11 Å². The van der Waals surface area contributed by atoms with Crippen LogP contribution in [0.1, 0.15) is 5.01 Å². The summed E-state index contributed by atoms with van der Waals surface area (Å²) in [6.07, 6.45) is 0.872. The Hall–Kier alpha value is 0.250. The maximum absolute atomic E-state index is 4.89. The first-order valence-electron chi connectivity index (χ1n) is 2.80. The van der Waals surface area contributed by atoms with E-state index in [2.05, 4.69) is 31.9 Å². The summed E-state index contributed by atoms with van der Waals surface area (Å²) in [7, 11) is 1.69. The average molecular weight is 270 g/mol. The summed E-state index contributed by atoms with van der Waals surface area (Å²) < 4.78 is 9.75. The number of rotatable bonds is 3. The van der Waals surface area contributed by atoms with Gasteiger partial charge in [0.2, 0.25) is 3.83 Å². The van der Waals surface area contributed by atoms with Crippen molar-refractivity contribution in [3.63, 3.8) is 0 Å². The molecule has 10 heavy (non-hydrogen) atoms. The van der Waals surface area contributed by atoms with Gasteiger partial charge in [-0.05, 0) is 11.5 Å². The zero-order valence-corrected chi connectivity index (χ0v) is 8.48. The van der Waals surface area contributed by atoms with Gasteiger partial charge in [0.05, 0.1) is 6.61 Å². The molecule has 0 radical (unpaired) electrons. The predicted octanol–water partition coefficient (Wildman–Crippen LogP) is 1.33. The van der Waals surface area contributed by atoms with Crippen LogP contribution in [0.15, 0.2) is 0 Å². The highest BCUT2D eigenvalue weighted by atomic mass is 127. The molecule has 0 bridgehead atoms. The third-order valence-electron chi connectivity index (χ3n) is 0.963. The second-order valence-electron chi connectivity index (χ2n) is 1.70. The number of nitrogens with zero attached hydrogens (tertiary/aromatic N) is 2. The van der Waals surface area contributed by atoms with Crippen molar-refractivity contribution >= 4 is 34.1 Å². The molecule has 1 rings (SSSR count).